The predicted molar refractivity (Wildman–Crippen MR) is 129 cm³/mol. The lowest BCUT2D eigenvalue weighted by Crippen LogP contribution is -2.64. The molecule has 9 N–H and O–H groups in total. The molecule has 5 unspecified atom stereocenters. The zero-order valence-corrected chi connectivity index (χ0v) is 22.7. The van der Waals surface area contributed by atoms with Crippen molar-refractivity contribution in [2.24, 2.45) is 5.11 Å². The van der Waals surface area contributed by atoms with Gasteiger partial charge in [0.2, 0.25) is 5.91 Å². The van der Waals surface area contributed by atoms with Gasteiger partial charge in [-0.25, -0.2) is 13.9 Å². The number of amides is 1. The predicted octanol–water partition coefficient (Wildman–Crippen LogP) is -4.36. The van der Waals surface area contributed by atoms with Gasteiger partial charge in [-0.1, -0.05) is 5.11 Å². The Hall–Kier alpha value is -2.56. The van der Waals surface area contributed by atoms with E-state index in [0.29, 0.717) is 4.57 Å². The minimum atomic E-state index is -5.73. The number of phosphoric ester groups is 2. The lowest BCUT2D eigenvalue weighted by Gasteiger charge is -2.42. The minimum Gasteiger partial charge on any atom is -0.394 e. The zero-order chi connectivity index (χ0) is 31.4. The number of rotatable bonds is 12. The summed E-state index contributed by atoms with van der Waals surface area (Å²) in [7, 11) is -11.3. The molecule has 2 aliphatic heterocycles. The van der Waals surface area contributed by atoms with Crippen LogP contribution in [-0.4, -0.2) is 119 Å². The lowest BCUT2D eigenvalue weighted by molar-refractivity contribution is -0.247. The fourth-order valence-electron chi connectivity index (χ4n) is 3.85. The van der Waals surface area contributed by atoms with E-state index in [1.807, 2.05) is 10.3 Å². The van der Waals surface area contributed by atoms with E-state index >= 15 is 0 Å². The smallest absolute Gasteiger partial charge is 0.394 e. The maximum atomic E-state index is 12.5. The van der Waals surface area contributed by atoms with Gasteiger partial charge in [0.1, 0.15) is 49.2 Å². The summed E-state index contributed by atoms with van der Waals surface area (Å²) in [6, 6.07) is -0.958. The Kier molecular flexibility index (Phi) is 11.2. The van der Waals surface area contributed by atoms with Gasteiger partial charge in [0.25, 0.3) is 5.56 Å². The molecule has 11 atom stereocenters. The number of nitrogens with zero attached hydrogens (tertiary/aromatic N) is 4. The summed E-state index contributed by atoms with van der Waals surface area (Å²) in [5, 5.41) is 55.1. The first-order valence-electron chi connectivity index (χ1n) is 11.5. The van der Waals surface area contributed by atoms with Gasteiger partial charge in [-0.2, -0.15) is 4.31 Å². The average Bonchev–Trinajstić information content (AvgIpc) is 3.18. The number of aliphatic hydroxyl groups is 5. The van der Waals surface area contributed by atoms with E-state index in [2.05, 4.69) is 23.4 Å². The molecule has 2 aliphatic rings. The summed E-state index contributed by atoms with van der Waals surface area (Å²) in [6.07, 6.45) is -13.6. The number of phosphoric acid groups is 2. The van der Waals surface area contributed by atoms with Crippen LogP contribution in [0.3, 0.4) is 0 Å². The van der Waals surface area contributed by atoms with Crippen molar-refractivity contribution in [1.82, 2.24) is 14.9 Å². The van der Waals surface area contributed by atoms with Crippen molar-refractivity contribution >= 4 is 21.6 Å². The molecule has 0 radical (unpaired) electrons. The van der Waals surface area contributed by atoms with Crippen molar-refractivity contribution in [3.05, 3.63) is 43.5 Å². The van der Waals surface area contributed by atoms with Gasteiger partial charge < -0.3 is 50.1 Å². The topological polar surface area (TPSA) is 355 Å². The second-order valence-corrected chi connectivity index (χ2v) is 11.7. The highest BCUT2D eigenvalue weighted by atomic mass is 31.3. The number of hydrogen-bond acceptors (Lipinski definition) is 16. The number of hydrogen-bond donors (Lipinski definition) is 9. The monoisotopic (exact) mass is 648 g/mol. The first kappa shape index (κ1) is 33.9. The molecule has 1 aromatic rings. The van der Waals surface area contributed by atoms with Crippen molar-refractivity contribution < 1.29 is 72.1 Å². The van der Waals surface area contributed by atoms with Crippen LogP contribution in [0.1, 0.15) is 6.23 Å². The molecule has 0 aliphatic carbocycles. The van der Waals surface area contributed by atoms with E-state index in [-0.39, 0.29) is 0 Å². The summed E-state index contributed by atoms with van der Waals surface area (Å²) in [6.45, 7) is -2.85. The maximum absolute atomic E-state index is 12.5. The van der Waals surface area contributed by atoms with Crippen LogP contribution in [0.15, 0.2) is 27.0 Å². The molecule has 25 heteroatoms. The number of H-pyrrole nitrogens is 1. The van der Waals surface area contributed by atoms with E-state index < -0.39 is 108 Å². The van der Waals surface area contributed by atoms with Gasteiger partial charge in [0.05, 0.1) is 13.2 Å². The number of nitrogens with one attached hydrogen (secondary N) is 2. The Bertz CT molecular complexity index is 1380. The Labute approximate surface area is 232 Å². The van der Waals surface area contributed by atoms with E-state index in [4.69, 9.17) is 15.0 Å². The number of aliphatic hydroxyl groups excluding tert-OH is 5. The van der Waals surface area contributed by atoms with Crippen LogP contribution in [-0.2, 0) is 36.8 Å². The molecule has 0 aromatic carbocycles. The second-order valence-electron chi connectivity index (χ2n) is 8.67. The third-order valence-corrected chi connectivity index (χ3v) is 8.39. The molecule has 3 heterocycles. The van der Waals surface area contributed by atoms with Crippen LogP contribution in [0.5, 0.6) is 0 Å². The molecule has 0 saturated carbocycles. The molecule has 1 aromatic heterocycles. The summed E-state index contributed by atoms with van der Waals surface area (Å²) < 4.78 is 49.3. The van der Waals surface area contributed by atoms with Gasteiger partial charge in [-0.05, 0) is 5.53 Å². The van der Waals surface area contributed by atoms with E-state index in [1.54, 1.807) is 0 Å². The molecule has 0 bridgehead atoms. The third-order valence-electron chi connectivity index (χ3n) is 5.79. The fraction of sp³-hybridized carbons (Fsp3) is 0.706. The molecule has 2 fully saturated rings. The van der Waals surface area contributed by atoms with Crippen molar-refractivity contribution in [1.29, 1.82) is 0 Å². The zero-order valence-electron chi connectivity index (χ0n) is 20.9. The standard InChI is InChI=1S/C17H26N6O17P2/c18-22-19-3-9(26)20-10-13(29)11(27)6(4-24)38-16(10)39-42(34,35)40-41(32,33)36-5-7-12(28)14(30)15(37-7)23-2-1-8(25)21-17(23)31/h1-2,6-7,10-16,24,27-30H,3-5H2,(H,20,26)(H,32,33)(H,34,35)(H,21,25,31)/t6?,7-,10?,11+,12?,13-,14+,15-,16-/m1/s1. The molecular weight excluding hydrogens is 622 g/mol. The normalized spacial score (nSPS) is 34.1. The van der Waals surface area contributed by atoms with Crippen LogP contribution in [0.25, 0.3) is 10.4 Å². The largest absolute Gasteiger partial charge is 0.483 e. The Morgan fingerprint density at radius 2 is 1.76 bits per heavy atom. The number of aromatic amines is 1. The first-order chi connectivity index (χ1) is 19.6. The van der Waals surface area contributed by atoms with Crippen LogP contribution in [0, 0.1) is 0 Å². The summed E-state index contributed by atoms with van der Waals surface area (Å²) >= 11 is 0. The van der Waals surface area contributed by atoms with Crippen LogP contribution >= 0.6 is 15.6 Å². The summed E-state index contributed by atoms with van der Waals surface area (Å²) in [5.74, 6) is -1.08. The molecule has 1 amide bonds. The fourth-order valence-corrected chi connectivity index (χ4v) is 6.01. The third kappa shape index (κ3) is 8.29. The van der Waals surface area contributed by atoms with E-state index in [1.165, 1.54) is 0 Å². The van der Waals surface area contributed by atoms with Crippen molar-refractivity contribution in [2.45, 2.75) is 55.2 Å². The van der Waals surface area contributed by atoms with Crippen LogP contribution in [0.2, 0.25) is 0 Å². The van der Waals surface area contributed by atoms with Crippen molar-refractivity contribution in [2.75, 3.05) is 19.8 Å². The Morgan fingerprint density at radius 3 is 2.38 bits per heavy atom. The molecule has 3 rings (SSSR count). The highest BCUT2D eigenvalue weighted by Gasteiger charge is 2.50. The van der Waals surface area contributed by atoms with Crippen LogP contribution < -0.4 is 16.6 Å². The Balaban J connectivity index is 1.67. The minimum absolute atomic E-state index is 0.705. The van der Waals surface area contributed by atoms with Gasteiger partial charge in [0.15, 0.2) is 12.5 Å². The van der Waals surface area contributed by atoms with Gasteiger partial charge in [-0.3, -0.25) is 28.2 Å². The highest BCUT2D eigenvalue weighted by Crippen LogP contribution is 2.61. The van der Waals surface area contributed by atoms with E-state index in [0.717, 1.165) is 12.3 Å². The quantitative estimate of drug-likeness (QED) is 0.0447. The van der Waals surface area contributed by atoms with Crippen molar-refractivity contribution in [3.8, 4) is 0 Å². The molecule has 2 saturated heterocycles. The second kappa shape index (κ2) is 13.8. The number of aromatic nitrogens is 2. The maximum Gasteiger partial charge on any atom is 0.483 e. The van der Waals surface area contributed by atoms with Crippen molar-refractivity contribution in [3.63, 3.8) is 0 Å². The number of carbonyl (C=O) groups excluding carboxylic acids is 1. The van der Waals surface area contributed by atoms with Gasteiger partial charge in [0, 0.05) is 17.2 Å². The molecule has 42 heavy (non-hydrogen) atoms. The van der Waals surface area contributed by atoms with E-state index in [9.17, 15) is 58.8 Å². The number of azide groups is 1. The summed E-state index contributed by atoms with van der Waals surface area (Å²) in [4.78, 5) is 59.4. The number of ether oxygens (including phenoxy) is 2. The molecule has 0 spiro atoms. The van der Waals surface area contributed by atoms with Gasteiger partial charge in [-0.15, -0.1) is 0 Å². The summed E-state index contributed by atoms with van der Waals surface area (Å²) in [5.41, 5.74) is 6.54. The number of carbonyl (C=O) groups is 1. The molecule has 236 valence electrons. The van der Waals surface area contributed by atoms with Gasteiger partial charge >= 0.3 is 21.3 Å². The highest BCUT2D eigenvalue weighted by molar-refractivity contribution is 7.61. The Morgan fingerprint density at radius 1 is 1.10 bits per heavy atom. The molecule has 23 nitrogen and oxygen atoms in total. The lowest BCUT2D eigenvalue weighted by atomic mass is 9.97. The SMILES string of the molecule is [N-]=[N+]=NCC(=O)NC1[C@@H](OP(=O)(O)OP(=O)(O)OC[C@H]2O[C@@H](n3ccc(=O)[nH]c3=O)[C@@H](O)C2O)OC(CO)[C@H](O)[C@@H]1O. The molecular formula is C17H26N6O17P2. The first-order valence-corrected chi connectivity index (χ1v) is 14.5. The average molecular weight is 648 g/mol. The van der Waals surface area contributed by atoms with Crippen LogP contribution in [0.4, 0.5) is 0 Å².